The smallest absolute Gasteiger partial charge is 0.329 e. The van der Waals surface area contributed by atoms with E-state index < -0.39 is 83.9 Å². The second kappa shape index (κ2) is 22.4. The molecule has 1 saturated carbocycles. The lowest BCUT2D eigenvalue weighted by molar-refractivity contribution is -0.302. The van der Waals surface area contributed by atoms with E-state index in [2.05, 4.69) is 6.92 Å². The third-order valence-corrected chi connectivity index (χ3v) is 13.2. The number of esters is 1. The highest BCUT2D eigenvalue weighted by Gasteiger charge is 2.56. The van der Waals surface area contributed by atoms with Crippen LogP contribution < -0.4 is 0 Å². The number of ether oxygens (including phenoxy) is 5. The summed E-state index contributed by atoms with van der Waals surface area (Å²) in [6.45, 7) is 13.5. The van der Waals surface area contributed by atoms with E-state index in [-0.39, 0.29) is 49.5 Å². The van der Waals surface area contributed by atoms with Gasteiger partial charge in [-0.05, 0) is 102 Å². The number of Topliss-reactive ketones (excluding diaryl/α,β-unsaturated/α-hetero) is 2. The van der Waals surface area contributed by atoms with Gasteiger partial charge in [-0.1, -0.05) is 57.6 Å². The zero-order chi connectivity index (χ0) is 43.6. The van der Waals surface area contributed by atoms with Crippen LogP contribution in [0.1, 0.15) is 119 Å². The first kappa shape index (κ1) is 48.9. The van der Waals surface area contributed by atoms with Crippen LogP contribution in [0.2, 0.25) is 0 Å². The molecule has 14 unspecified atom stereocenters. The molecule has 2 saturated heterocycles. The Morgan fingerprint density at radius 2 is 1.64 bits per heavy atom. The standard InChI is InChI=1S/C46H73NO12/c1-10-12-19-57-38-25-32(16-17-35(38)48)23-29(5)41-31(7)36(49)26-37(50)33(11-2)21-27(3)20-28(4)22-39(55-8)42-40(56-9)24-30(6)46(54,59-42)43(51)44(52)47-18-14-13-15-34(47)45(53)58-41/h10,12,21,23,28,30-36,38-42,48-49,54H,11,13-20,22,24-26H2,1-9H3/b12-10+,27-21+,29-23?. The van der Waals surface area contributed by atoms with Gasteiger partial charge < -0.3 is 43.9 Å². The van der Waals surface area contributed by atoms with Crippen LogP contribution in [0.3, 0.4) is 0 Å². The third kappa shape index (κ3) is 12.2. The lowest BCUT2D eigenvalue weighted by atomic mass is 9.81. The average molecular weight is 832 g/mol. The van der Waals surface area contributed by atoms with Gasteiger partial charge in [-0.25, -0.2) is 4.79 Å². The number of cyclic esters (lactones) is 1. The van der Waals surface area contributed by atoms with Gasteiger partial charge in [-0.3, -0.25) is 14.4 Å². The number of allylic oxidation sites excluding steroid dienone is 4. The summed E-state index contributed by atoms with van der Waals surface area (Å²) in [6.07, 6.45) is 7.35. The first-order valence-corrected chi connectivity index (χ1v) is 22.0. The number of nitrogens with zero attached hydrogens (tertiary/aromatic N) is 1. The van der Waals surface area contributed by atoms with Crippen LogP contribution in [0, 0.1) is 29.6 Å². The van der Waals surface area contributed by atoms with Crippen LogP contribution in [0.5, 0.6) is 0 Å². The van der Waals surface area contributed by atoms with Crippen LogP contribution in [0.25, 0.3) is 0 Å². The van der Waals surface area contributed by atoms with E-state index in [1.54, 1.807) is 13.8 Å². The molecule has 14 atom stereocenters. The molecule has 3 fully saturated rings. The van der Waals surface area contributed by atoms with Crippen molar-refractivity contribution in [2.24, 2.45) is 29.6 Å². The Morgan fingerprint density at radius 1 is 0.949 bits per heavy atom. The van der Waals surface area contributed by atoms with Crippen molar-refractivity contribution in [3.63, 3.8) is 0 Å². The van der Waals surface area contributed by atoms with E-state index in [0.29, 0.717) is 63.5 Å². The number of piperidine rings is 1. The molecule has 3 aliphatic heterocycles. The highest BCUT2D eigenvalue weighted by molar-refractivity contribution is 6.39. The molecule has 1 aliphatic carbocycles. The first-order chi connectivity index (χ1) is 28.0. The number of methoxy groups -OCH3 is 2. The molecule has 13 nitrogen and oxygen atoms in total. The number of fused-ring (bicyclic) bond motifs is 3. The molecular weight excluding hydrogens is 759 g/mol. The topological polar surface area (TPSA) is 178 Å². The lowest BCUT2D eigenvalue weighted by Gasteiger charge is -2.47. The predicted molar refractivity (Wildman–Crippen MR) is 222 cm³/mol. The SMILES string of the molecule is C/C=C/COC1CC(C=C(C)C2OC(=O)C3CCCCN3C(=O)C(=O)C3(O)OC(C(OC)CC(C)C/C(C)=C/C(CC)C(=O)CC(O)C2C)C(OC)CC3C)CCC1O. The molecule has 3 N–H and O–H groups in total. The Balaban J connectivity index is 1.75. The minimum absolute atomic E-state index is 0.0216. The fraction of sp³-hybridized carbons (Fsp3) is 0.783. The van der Waals surface area contributed by atoms with Crippen LogP contribution >= 0.6 is 0 Å². The molecule has 0 radical (unpaired) electrons. The van der Waals surface area contributed by atoms with E-state index in [4.69, 9.17) is 23.7 Å². The van der Waals surface area contributed by atoms with Crippen molar-refractivity contribution >= 4 is 23.4 Å². The Morgan fingerprint density at radius 3 is 2.31 bits per heavy atom. The maximum absolute atomic E-state index is 14.4. The fourth-order valence-corrected chi connectivity index (χ4v) is 9.59. The van der Waals surface area contributed by atoms with Crippen LogP contribution in [-0.2, 0) is 42.9 Å². The van der Waals surface area contributed by atoms with Crippen LogP contribution in [0.4, 0.5) is 0 Å². The summed E-state index contributed by atoms with van der Waals surface area (Å²) in [6, 6.07) is -1.14. The molecule has 59 heavy (non-hydrogen) atoms. The van der Waals surface area contributed by atoms with Gasteiger partial charge in [0.15, 0.2) is 0 Å². The highest BCUT2D eigenvalue weighted by Crippen LogP contribution is 2.39. The van der Waals surface area contributed by atoms with Gasteiger partial charge in [0, 0.05) is 44.9 Å². The molecule has 4 rings (SSSR count). The molecule has 0 spiro atoms. The van der Waals surface area contributed by atoms with Crippen molar-refractivity contribution in [1.82, 2.24) is 4.90 Å². The minimum atomic E-state index is -2.51. The van der Waals surface area contributed by atoms with Gasteiger partial charge in [0.05, 0.1) is 37.1 Å². The summed E-state index contributed by atoms with van der Waals surface area (Å²) in [5, 5.41) is 34.5. The number of hydrogen-bond acceptors (Lipinski definition) is 12. The Bertz CT molecular complexity index is 1530. The summed E-state index contributed by atoms with van der Waals surface area (Å²) in [5.41, 5.74) is 1.66. The molecule has 3 heterocycles. The quantitative estimate of drug-likeness (QED) is 0.161. The fourth-order valence-electron chi connectivity index (χ4n) is 9.59. The second-order valence-corrected chi connectivity index (χ2v) is 17.8. The van der Waals surface area contributed by atoms with Crippen LogP contribution in [0.15, 0.2) is 35.5 Å². The minimum Gasteiger partial charge on any atom is -0.456 e. The molecular formula is C46H73NO12. The Hall–Kier alpha value is -2.78. The number of amides is 1. The lowest BCUT2D eigenvalue weighted by Crippen LogP contribution is -2.64. The Labute approximate surface area is 351 Å². The van der Waals surface area contributed by atoms with Crippen molar-refractivity contribution < 1.29 is 58.2 Å². The molecule has 4 aliphatic rings. The zero-order valence-electron chi connectivity index (χ0n) is 37.0. The van der Waals surface area contributed by atoms with E-state index >= 15 is 0 Å². The first-order valence-electron chi connectivity index (χ1n) is 22.0. The number of ketones is 2. The number of aliphatic hydroxyl groups is 3. The summed E-state index contributed by atoms with van der Waals surface area (Å²) >= 11 is 0. The monoisotopic (exact) mass is 832 g/mol. The predicted octanol–water partition coefficient (Wildman–Crippen LogP) is 5.42. The average Bonchev–Trinajstić information content (AvgIpc) is 3.21. The second-order valence-electron chi connectivity index (χ2n) is 17.8. The van der Waals surface area contributed by atoms with Crippen molar-refractivity contribution in [1.29, 1.82) is 0 Å². The number of hydrogen-bond donors (Lipinski definition) is 3. The van der Waals surface area contributed by atoms with Crippen LogP contribution in [-0.4, -0.2) is 126 Å². The maximum Gasteiger partial charge on any atom is 0.329 e. The van der Waals surface area contributed by atoms with Crippen molar-refractivity contribution in [2.45, 2.75) is 174 Å². The normalized spacial score (nSPS) is 40.2. The van der Waals surface area contributed by atoms with E-state index in [9.17, 15) is 34.5 Å². The third-order valence-electron chi connectivity index (χ3n) is 13.2. The number of carbonyl (C=O) groups is 4. The van der Waals surface area contributed by atoms with E-state index in [1.807, 2.05) is 52.0 Å². The number of rotatable bonds is 8. The zero-order valence-corrected chi connectivity index (χ0v) is 37.0. The van der Waals surface area contributed by atoms with E-state index in [0.717, 1.165) is 5.57 Å². The maximum atomic E-state index is 14.4. The summed E-state index contributed by atoms with van der Waals surface area (Å²) < 4.78 is 30.3. The van der Waals surface area contributed by atoms with Gasteiger partial charge in [0.2, 0.25) is 5.79 Å². The van der Waals surface area contributed by atoms with Gasteiger partial charge in [-0.2, -0.15) is 0 Å². The molecule has 0 aromatic rings. The number of aliphatic hydroxyl groups excluding tert-OH is 2. The molecule has 0 aromatic heterocycles. The Kier molecular flexibility index (Phi) is 18.5. The largest absolute Gasteiger partial charge is 0.456 e. The van der Waals surface area contributed by atoms with Gasteiger partial charge in [-0.15, -0.1) is 0 Å². The molecule has 13 heteroatoms. The van der Waals surface area contributed by atoms with Crippen molar-refractivity contribution in [3.05, 3.63) is 35.5 Å². The molecule has 334 valence electrons. The summed E-state index contributed by atoms with van der Waals surface area (Å²) in [7, 11) is 3.07. The molecule has 1 amide bonds. The molecule has 0 aromatic carbocycles. The summed E-state index contributed by atoms with van der Waals surface area (Å²) in [4.78, 5) is 57.9. The van der Waals surface area contributed by atoms with Crippen molar-refractivity contribution in [3.8, 4) is 0 Å². The van der Waals surface area contributed by atoms with Gasteiger partial charge in [0.1, 0.15) is 24.0 Å². The molecule has 2 bridgehead atoms. The van der Waals surface area contributed by atoms with Gasteiger partial charge >= 0.3 is 5.97 Å². The van der Waals surface area contributed by atoms with Crippen molar-refractivity contribution in [2.75, 3.05) is 27.4 Å². The van der Waals surface area contributed by atoms with Gasteiger partial charge in [0.25, 0.3) is 11.7 Å². The highest BCUT2D eigenvalue weighted by atomic mass is 16.7. The van der Waals surface area contributed by atoms with E-state index in [1.165, 1.54) is 19.1 Å². The summed E-state index contributed by atoms with van der Waals surface area (Å²) in [5.74, 6) is -7.55. The number of carbonyl (C=O) groups excluding carboxylic acids is 4.